The number of fused-ring (bicyclic) bond motifs is 1. The summed E-state index contributed by atoms with van der Waals surface area (Å²) in [7, 11) is 0. The van der Waals surface area contributed by atoms with Crippen LogP contribution in [0.4, 0.5) is 0 Å². The van der Waals surface area contributed by atoms with Gasteiger partial charge in [-0.15, -0.1) is 0 Å². The van der Waals surface area contributed by atoms with Gasteiger partial charge < -0.3 is 9.63 Å². The Hall–Kier alpha value is -2.46. The smallest absolute Gasteiger partial charge is 0.260 e. The zero-order valence-electron chi connectivity index (χ0n) is 11.3. The van der Waals surface area contributed by atoms with E-state index in [4.69, 9.17) is 4.52 Å². The van der Waals surface area contributed by atoms with Crippen LogP contribution in [-0.2, 0) is 6.42 Å². The summed E-state index contributed by atoms with van der Waals surface area (Å²) in [4.78, 5) is 4.38. The van der Waals surface area contributed by atoms with Gasteiger partial charge in [0.05, 0.1) is 5.92 Å². The van der Waals surface area contributed by atoms with Crippen molar-refractivity contribution in [3.8, 4) is 0 Å². The molecule has 2 atom stereocenters. The monoisotopic (exact) mass is 278 g/mol. The molecule has 4 nitrogen and oxygen atoms in total. The van der Waals surface area contributed by atoms with E-state index >= 15 is 0 Å². The van der Waals surface area contributed by atoms with Gasteiger partial charge in [0.1, 0.15) is 0 Å². The molecule has 0 aliphatic heterocycles. The van der Waals surface area contributed by atoms with Crippen LogP contribution >= 0.6 is 0 Å². The molecule has 104 valence electrons. The molecule has 0 saturated heterocycles. The summed E-state index contributed by atoms with van der Waals surface area (Å²) in [6.07, 6.45) is 0.0547. The largest absolute Gasteiger partial charge is 0.378 e. The molecule has 0 radical (unpaired) electrons. The molecule has 1 N–H and O–H groups in total. The van der Waals surface area contributed by atoms with Gasteiger partial charge in [0.25, 0.3) is 5.89 Å². The van der Waals surface area contributed by atoms with Crippen molar-refractivity contribution in [1.29, 1.82) is 0 Å². The molecule has 1 aliphatic rings. The number of aliphatic hydroxyl groups is 1. The molecule has 1 aromatic heterocycles. The van der Waals surface area contributed by atoms with E-state index in [0.29, 0.717) is 5.82 Å². The molecule has 2 unspecified atom stereocenters. The number of rotatable bonds is 3. The summed E-state index contributed by atoms with van der Waals surface area (Å²) in [6.45, 7) is 0. The summed E-state index contributed by atoms with van der Waals surface area (Å²) in [6, 6.07) is 17.6. The van der Waals surface area contributed by atoms with Crippen molar-refractivity contribution in [2.24, 2.45) is 0 Å². The zero-order valence-corrected chi connectivity index (χ0v) is 11.3. The standard InChI is InChI=1S/C17H14N2O2/c20-15(11-6-2-1-3-7-11)17-18-16(19-21-17)14-10-12-8-4-5-9-13(12)14/h1-9,14-15,20H,10H2. The fourth-order valence-electron chi connectivity index (χ4n) is 2.77. The second-order valence-corrected chi connectivity index (χ2v) is 5.26. The Balaban J connectivity index is 1.60. The maximum atomic E-state index is 10.3. The van der Waals surface area contributed by atoms with Crippen molar-refractivity contribution < 1.29 is 9.63 Å². The molecule has 4 heteroatoms. The first-order chi connectivity index (χ1) is 10.3. The molecule has 21 heavy (non-hydrogen) atoms. The van der Waals surface area contributed by atoms with Gasteiger partial charge >= 0.3 is 0 Å². The molecule has 0 spiro atoms. The molecule has 0 fully saturated rings. The van der Waals surface area contributed by atoms with Gasteiger partial charge in [0.2, 0.25) is 0 Å². The lowest BCUT2D eigenvalue weighted by Crippen LogP contribution is -2.19. The van der Waals surface area contributed by atoms with E-state index in [9.17, 15) is 5.11 Å². The molecule has 3 aromatic rings. The van der Waals surface area contributed by atoms with Crippen molar-refractivity contribution in [3.63, 3.8) is 0 Å². The zero-order chi connectivity index (χ0) is 14.2. The van der Waals surface area contributed by atoms with Crippen molar-refractivity contribution in [2.45, 2.75) is 18.4 Å². The Morgan fingerprint density at radius 1 is 1.05 bits per heavy atom. The minimum absolute atomic E-state index is 0.182. The third kappa shape index (κ3) is 2.04. The number of hydrogen-bond acceptors (Lipinski definition) is 4. The second kappa shape index (κ2) is 4.82. The topological polar surface area (TPSA) is 59.2 Å². The quantitative estimate of drug-likeness (QED) is 0.800. The molecule has 1 heterocycles. The lowest BCUT2D eigenvalue weighted by atomic mass is 9.77. The summed E-state index contributed by atoms with van der Waals surface area (Å²) in [5.41, 5.74) is 3.33. The average Bonchev–Trinajstić information content (AvgIpc) is 2.98. The Morgan fingerprint density at radius 3 is 2.62 bits per heavy atom. The molecule has 4 rings (SSSR count). The van der Waals surface area contributed by atoms with Gasteiger partial charge in [-0.1, -0.05) is 59.8 Å². The molecule has 0 amide bonds. The van der Waals surface area contributed by atoms with Crippen LogP contribution in [0.5, 0.6) is 0 Å². The van der Waals surface area contributed by atoms with Crippen molar-refractivity contribution in [1.82, 2.24) is 10.1 Å². The fraction of sp³-hybridized carbons (Fsp3) is 0.176. The van der Waals surface area contributed by atoms with Crippen LogP contribution in [-0.4, -0.2) is 15.2 Å². The van der Waals surface area contributed by atoms with Crippen molar-refractivity contribution in [3.05, 3.63) is 83.0 Å². The summed E-state index contributed by atoms with van der Waals surface area (Å²) < 4.78 is 5.24. The molecule has 1 aliphatic carbocycles. The Kier molecular flexibility index (Phi) is 2.82. The molecular weight excluding hydrogens is 264 g/mol. The fourth-order valence-corrected chi connectivity index (χ4v) is 2.77. The van der Waals surface area contributed by atoms with Gasteiger partial charge in [-0.05, 0) is 23.1 Å². The van der Waals surface area contributed by atoms with Crippen LogP contribution in [0.3, 0.4) is 0 Å². The summed E-state index contributed by atoms with van der Waals surface area (Å²) in [5.74, 6) is 1.08. The average molecular weight is 278 g/mol. The van der Waals surface area contributed by atoms with E-state index in [1.54, 1.807) is 0 Å². The molecule has 0 bridgehead atoms. The van der Waals surface area contributed by atoms with Crippen molar-refractivity contribution >= 4 is 0 Å². The predicted octanol–water partition coefficient (Wildman–Crippen LogP) is 2.84. The lowest BCUT2D eigenvalue weighted by molar-refractivity contribution is 0.170. The first-order valence-electron chi connectivity index (χ1n) is 6.97. The van der Waals surface area contributed by atoms with E-state index < -0.39 is 6.10 Å². The summed E-state index contributed by atoms with van der Waals surface area (Å²) >= 11 is 0. The third-order valence-electron chi connectivity index (χ3n) is 3.97. The van der Waals surface area contributed by atoms with E-state index in [2.05, 4.69) is 22.3 Å². The van der Waals surface area contributed by atoms with E-state index in [1.165, 1.54) is 11.1 Å². The van der Waals surface area contributed by atoms with Gasteiger partial charge in [-0.25, -0.2) is 0 Å². The van der Waals surface area contributed by atoms with E-state index in [1.807, 2.05) is 42.5 Å². The lowest BCUT2D eigenvalue weighted by Gasteiger charge is -2.27. The Labute approximate surface area is 122 Å². The van der Waals surface area contributed by atoms with Crippen LogP contribution in [0.25, 0.3) is 0 Å². The highest BCUT2D eigenvalue weighted by molar-refractivity contribution is 5.43. The number of aliphatic hydroxyl groups excluding tert-OH is 1. The predicted molar refractivity (Wildman–Crippen MR) is 76.8 cm³/mol. The number of aromatic nitrogens is 2. The van der Waals surface area contributed by atoms with E-state index in [-0.39, 0.29) is 11.8 Å². The number of benzene rings is 2. The molecule has 2 aromatic carbocycles. The first-order valence-corrected chi connectivity index (χ1v) is 6.97. The highest BCUT2D eigenvalue weighted by atomic mass is 16.5. The second-order valence-electron chi connectivity index (χ2n) is 5.26. The van der Waals surface area contributed by atoms with E-state index in [0.717, 1.165) is 12.0 Å². The van der Waals surface area contributed by atoms with Crippen molar-refractivity contribution in [2.75, 3.05) is 0 Å². The van der Waals surface area contributed by atoms with Crippen LogP contribution < -0.4 is 0 Å². The Bertz CT molecular complexity index is 751. The maximum absolute atomic E-state index is 10.3. The number of nitrogens with zero attached hydrogens (tertiary/aromatic N) is 2. The summed E-state index contributed by atoms with van der Waals surface area (Å²) in [5, 5.41) is 14.3. The third-order valence-corrected chi connectivity index (χ3v) is 3.97. The maximum Gasteiger partial charge on any atom is 0.260 e. The van der Waals surface area contributed by atoms with Gasteiger partial charge in [-0.3, -0.25) is 0 Å². The number of hydrogen-bond donors (Lipinski definition) is 1. The minimum atomic E-state index is -0.872. The van der Waals surface area contributed by atoms with Crippen LogP contribution in [0.2, 0.25) is 0 Å². The molecule has 0 saturated carbocycles. The van der Waals surface area contributed by atoms with Gasteiger partial charge in [0.15, 0.2) is 11.9 Å². The van der Waals surface area contributed by atoms with Gasteiger partial charge in [0, 0.05) is 0 Å². The highest BCUT2D eigenvalue weighted by Gasteiger charge is 2.31. The Morgan fingerprint density at radius 2 is 1.81 bits per heavy atom. The van der Waals surface area contributed by atoms with Crippen LogP contribution in [0, 0.1) is 0 Å². The SMILES string of the molecule is OC(c1ccccc1)c1nc(C2Cc3ccccc32)no1. The highest BCUT2D eigenvalue weighted by Crippen LogP contribution is 2.38. The minimum Gasteiger partial charge on any atom is -0.378 e. The normalized spacial score (nSPS) is 17.9. The molecular formula is C17H14N2O2. The van der Waals surface area contributed by atoms with Gasteiger partial charge in [-0.2, -0.15) is 4.98 Å². The van der Waals surface area contributed by atoms with Crippen LogP contribution in [0.1, 0.15) is 40.4 Å². The van der Waals surface area contributed by atoms with Crippen LogP contribution in [0.15, 0.2) is 59.1 Å². The first kappa shape index (κ1) is 12.3.